The molecule has 0 unspecified atom stereocenters. The van der Waals surface area contributed by atoms with E-state index in [9.17, 15) is 14.0 Å². The van der Waals surface area contributed by atoms with Crippen LogP contribution in [0.15, 0.2) is 30.5 Å². The van der Waals surface area contributed by atoms with E-state index in [2.05, 4.69) is 20.2 Å². The van der Waals surface area contributed by atoms with Gasteiger partial charge >= 0.3 is 18.2 Å². The van der Waals surface area contributed by atoms with Gasteiger partial charge in [0.2, 0.25) is 0 Å². The maximum atomic E-state index is 17.6. The molecule has 1 N–H and O–H groups in total. The van der Waals surface area contributed by atoms with E-state index in [1.807, 2.05) is 6.92 Å². The van der Waals surface area contributed by atoms with Crippen molar-refractivity contribution in [2.45, 2.75) is 94.2 Å². The Morgan fingerprint density at radius 2 is 1.82 bits per heavy atom. The standard InChI is InChI=1S/C43H49F4N7O6/c1-41-18-26(44)21-53(23-41)37-31-20-48-35(34(47)36(31)49-38(50-37)59-24-43-9-5-12-54(43)22-27(45)19-43)30-17-28(60-40(56)52-13-10-42(2,57-3)11-14-52)16-25-7-8-32(46)29(33(25)30)6-4-15-58-39(55)51-41/h7-8,16-17,20,26-27H,4-6,9-15,18-19,21-24H2,1-3H3,(H,51,55)/t26-,27-,41-,43+/m1/s1. The van der Waals surface area contributed by atoms with Crippen LogP contribution in [0, 0.1) is 11.6 Å². The molecule has 6 aliphatic heterocycles. The zero-order valence-electron chi connectivity index (χ0n) is 34.0. The van der Waals surface area contributed by atoms with Crippen molar-refractivity contribution in [3.8, 4) is 23.0 Å². The Morgan fingerprint density at radius 1 is 1.02 bits per heavy atom. The van der Waals surface area contributed by atoms with Gasteiger partial charge in [-0.25, -0.2) is 27.2 Å². The number of hydrogen-bond acceptors (Lipinski definition) is 11. The number of hydrogen-bond donors (Lipinski definition) is 1. The number of likely N-dealkylation sites (tertiary alicyclic amines) is 1. The molecule has 320 valence electrons. The molecule has 4 aromatic rings. The highest BCUT2D eigenvalue weighted by atomic mass is 19.1. The Labute approximate surface area is 344 Å². The number of rotatable bonds is 5. The molecule has 4 fully saturated rings. The fourth-order valence-corrected chi connectivity index (χ4v) is 9.96. The van der Waals surface area contributed by atoms with Gasteiger partial charge in [-0.2, -0.15) is 9.97 Å². The van der Waals surface area contributed by atoms with E-state index in [1.54, 1.807) is 29.9 Å². The number of pyridine rings is 1. The van der Waals surface area contributed by atoms with Gasteiger partial charge in [-0.15, -0.1) is 0 Å². The third-order valence-corrected chi connectivity index (χ3v) is 13.2. The van der Waals surface area contributed by atoms with E-state index < -0.39 is 47.2 Å². The lowest BCUT2D eigenvalue weighted by molar-refractivity contribution is -0.0379. The third kappa shape index (κ3) is 7.52. The van der Waals surface area contributed by atoms with Crippen molar-refractivity contribution in [1.29, 1.82) is 0 Å². The van der Waals surface area contributed by atoms with Gasteiger partial charge in [0.25, 0.3) is 0 Å². The number of nitrogens with one attached hydrogen (secondary N) is 1. The average Bonchev–Trinajstić information content (AvgIpc) is 3.74. The summed E-state index contributed by atoms with van der Waals surface area (Å²) in [5, 5.41) is 3.73. The van der Waals surface area contributed by atoms with Crippen LogP contribution in [0.4, 0.5) is 33.0 Å². The molecule has 10 rings (SSSR count). The first-order valence-corrected chi connectivity index (χ1v) is 20.7. The number of piperidine rings is 2. The minimum absolute atomic E-state index is 0.0236. The summed E-state index contributed by atoms with van der Waals surface area (Å²) in [6, 6.07) is 5.67. The van der Waals surface area contributed by atoms with Crippen LogP contribution in [-0.4, -0.2) is 126 Å². The monoisotopic (exact) mass is 835 g/mol. The van der Waals surface area contributed by atoms with E-state index in [4.69, 9.17) is 23.9 Å². The van der Waals surface area contributed by atoms with Gasteiger partial charge in [0.05, 0.1) is 35.2 Å². The number of ether oxygens (including phenoxy) is 4. The van der Waals surface area contributed by atoms with Crippen LogP contribution >= 0.6 is 0 Å². The molecule has 2 amide bonds. The van der Waals surface area contributed by atoms with Gasteiger partial charge in [-0.3, -0.25) is 9.88 Å². The van der Waals surface area contributed by atoms with Crippen LogP contribution < -0.4 is 19.7 Å². The second-order valence-electron chi connectivity index (χ2n) is 17.6. The number of benzene rings is 2. The normalized spacial score (nSPS) is 26.9. The molecule has 0 saturated carbocycles. The number of carbonyl (C=O) groups is 2. The topological polar surface area (TPSA) is 131 Å². The van der Waals surface area contributed by atoms with Gasteiger partial charge < -0.3 is 34.1 Å². The summed E-state index contributed by atoms with van der Waals surface area (Å²) < 4.78 is 87.3. The summed E-state index contributed by atoms with van der Waals surface area (Å²) in [5.41, 5.74) is -2.11. The van der Waals surface area contributed by atoms with Crippen molar-refractivity contribution in [3.05, 3.63) is 47.7 Å². The van der Waals surface area contributed by atoms with Gasteiger partial charge in [-0.05, 0) is 93.5 Å². The summed E-state index contributed by atoms with van der Waals surface area (Å²) in [5.74, 6) is -1.25. The van der Waals surface area contributed by atoms with Crippen molar-refractivity contribution >= 4 is 39.7 Å². The first-order valence-electron chi connectivity index (χ1n) is 20.7. The van der Waals surface area contributed by atoms with E-state index in [-0.39, 0.29) is 103 Å². The largest absolute Gasteiger partial charge is 0.461 e. The number of nitrogens with zero attached hydrogens (tertiary/aromatic N) is 6. The number of fused-ring (bicyclic) bond motifs is 7. The van der Waals surface area contributed by atoms with Gasteiger partial charge in [0, 0.05) is 57.9 Å². The molecule has 0 aliphatic carbocycles. The minimum atomic E-state index is -1.42. The molecule has 2 aromatic carbocycles. The summed E-state index contributed by atoms with van der Waals surface area (Å²) >= 11 is 0. The molecule has 17 heteroatoms. The summed E-state index contributed by atoms with van der Waals surface area (Å²) in [7, 11) is 1.64. The van der Waals surface area contributed by atoms with E-state index in [0.29, 0.717) is 49.7 Å². The van der Waals surface area contributed by atoms with E-state index >= 15 is 13.2 Å². The predicted molar refractivity (Wildman–Crippen MR) is 214 cm³/mol. The first-order chi connectivity index (χ1) is 28.7. The molecule has 8 heterocycles. The Kier molecular flexibility index (Phi) is 10.4. The fourth-order valence-electron chi connectivity index (χ4n) is 9.96. The van der Waals surface area contributed by atoms with Crippen molar-refractivity contribution in [3.63, 3.8) is 0 Å². The Balaban J connectivity index is 1.19. The SMILES string of the molecule is COC1(C)CCN(C(=O)Oc2cc3c4c(c(F)ccc4c2)CCCOC(=O)N[C@]2(C)C[C@@H](F)CN(C2)c2nc(OC[C@@]45CCCN4C[C@H](F)C5)nc4c(F)c-3ncc24)CC1. The Morgan fingerprint density at radius 3 is 2.62 bits per heavy atom. The molecular weight excluding hydrogens is 787 g/mol. The lowest BCUT2D eigenvalue weighted by atomic mass is 9.90. The highest BCUT2D eigenvalue weighted by molar-refractivity contribution is 6.02. The van der Waals surface area contributed by atoms with Crippen molar-refractivity contribution in [2.24, 2.45) is 0 Å². The number of carbonyl (C=O) groups excluding carboxylic acids is 2. The van der Waals surface area contributed by atoms with Gasteiger partial charge in [0.1, 0.15) is 47.5 Å². The maximum Gasteiger partial charge on any atom is 0.415 e. The quantitative estimate of drug-likeness (QED) is 0.208. The number of amides is 2. The van der Waals surface area contributed by atoms with Crippen LogP contribution in [-0.2, 0) is 15.9 Å². The number of alkyl halides is 2. The molecule has 6 bridgehead atoms. The van der Waals surface area contributed by atoms with Gasteiger partial charge in [0.15, 0.2) is 5.82 Å². The van der Waals surface area contributed by atoms with Crippen molar-refractivity contribution in [2.75, 3.05) is 64.5 Å². The van der Waals surface area contributed by atoms with Crippen molar-refractivity contribution < 1.29 is 46.1 Å². The summed E-state index contributed by atoms with van der Waals surface area (Å²) in [6.07, 6.45) is 0.931. The van der Waals surface area contributed by atoms with Crippen LogP contribution in [0.5, 0.6) is 11.8 Å². The Bertz CT molecular complexity index is 2350. The molecule has 4 saturated heterocycles. The second kappa shape index (κ2) is 15.5. The predicted octanol–water partition coefficient (Wildman–Crippen LogP) is 7.06. The molecule has 60 heavy (non-hydrogen) atoms. The number of methoxy groups -OCH3 is 1. The van der Waals surface area contributed by atoms with Crippen LogP contribution in [0.25, 0.3) is 32.9 Å². The highest BCUT2D eigenvalue weighted by Gasteiger charge is 2.49. The lowest BCUT2D eigenvalue weighted by Gasteiger charge is -2.42. The fraction of sp³-hybridized carbons (Fsp3) is 0.558. The van der Waals surface area contributed by atoms with E-state index in [1.165, 1.54) is 24.4 Å². The summed E-state index contributed by atoms with van der Waals surface area (Å²) in [4.78, 5) is 45.9. The average molecular weight is 836 g/mol. The number of alkyl carbamates (subject to hydrolysis) is 1. The molecule has 0 radical (unpaired) electrons. The Hall–Kier alpha value is -5.03. The zero-order valence-corrected chi connectivity index (χ0v) is 34.0. The van der Waals surface area contributed by atoms with Crippen LogP contribution in [0.3, 0.4) is 0 Å². The summed E-state index contributed by atoms with van der Waals surface area (Å²) in [6.45, 7) is 5.42. The number of halogens is 4. The second-order valence-corrected chi connectivity index (χ2v) is 17.6. The third-order valence-electron chi connectivity index (χ3n) is 13.2. The lowest BCUT2D eigenvalue weighted by Crippen LogP contribution is -2.60. The van der Waals surface area contributed by atoms with Crippen LogP contribution in [0.2, 0.25) is 0 Å². The molecule has 0 spiro atoms. The number of aryl methyl sites for hydroxylation is 1. The van der Waals surface area contributed by atoms with Gasteiger partial charge in [-0.1, -0.05) is 6.07 Å². The van der Waals surface area contributed by atoms with Crippen molar-refractivity contribution in [1.82, 2.24) is 30.1 Å². The zero-order chi connectivity index (χ0) is 42.0. The molecule has 2 aromatic heterocycles. The van der Waals surface area contributed by atoms with E-state index in [0.717, 1.165) is 13.0 Å². The molecule has 4 atom stereocenters. The maximum absolute atomic E-state index is 17.6. The molecule has 6 aliphatic rings. The van der Waals surface area contributed by atoms with Crippen LogP contribution in [0.1, 0.15) is 64.4 Å². The first kappa shape index (κ1) is 40.4. The highest BCUT2D eigenvalue weighted by Crippen LogP contribution is 2.43. The molecule has 13 nitrogen and oxygen atoms in total. The smallest absolute Gasteiger partial charge is 0.415 e. The molecular formula is C43H49F4N7O6. The minimum Gasteiger partial charge on any atom is -0.461 e. The number of anilines is 1. The number of aromatic nitrogens is 3.